The molecule has 1 aliphatic carbocycles. The molecule has 1 aromatic rings. The van der Waals surface area contributed by atoms with E-state index in [-0.39, 0.29) is 17.4 Å². The molecule has 1 saturated heterocycles. The number of piperidine rings is 1. The van der Waals surface area contributed by atoms with Gasteiger partial charge in [0.15, 0.2) is 0 Å². The molecule has 1 amide bonds. The number of benzene rings is 1. The zero-order valence-electron chi connectivity index (χ0n) is 12.2. The lowest BCUT2D eigenvalue weighted by molar-refractivity contribution is -0.132. The van der Waals surface area contributed by atoms with Crippen molar-refractivity contribution in [2.75, 3.05) is 13.1 Å². The van der Waals surface area contributed by atoms with Gasteiger partial charge in [0.25, 0.3) is 0 Å². The first-order valence-corrected chi connectivity index (χ1v) is 7.78. The number of hydrogen-bond acceptors (Lipinski definition) is 2. The Morgan fingerprint density at radius 2 is 2.20 bits per heavy atom. The summed E-state index contributed by atoms with van der Waals surface area (Å²) < 4.78 is 0. The van der Waals surface area contributed by atoms with Crippen molar-refractivity contribution < 1.29 is 4.79 Å². The maximum absolute atomic E-state index is 12.6. The van der Waals surface area contributed by atoms with Crippen LogP contribution >= 0.6 is 0 Å². The van der Waals surface area contributed by atoms with Crippen LogP contribution in [0, 0.1) is 5.41 Å². The highest BCUT2D eigenvalue weighted by atomic mass is 16.2. The molecule has 20 heavy (non-hydrogen) atoms. The van der Waals surface area contributed by atoms with Crippen molar-refractivity contribution in [2.45, 2.75) is 45.1 Å². The molecule has 3 heteroatoms. The first-order valence-electron chi connectivity index (χ1n) is 7.78. The molecule has 2 atom stereocenters. The maximum Gasteiger partial charge on any atom is 0.227 e. The molecule has 1 aliphatic heterocycles. The van der Waals surface area contributed by atoms with Crippen molar-refractivity contribution in [1.82, 2.24) is 10.6 Å². The molecule has 1 heterocycles. The zero-order chi connectivity index (χ0) is 14.0. The average Bonchev–Trinajstić information content (AvgIpc) is 2.48. The average molecular weight is 272 g/mol. The minimum atomic E-state index is -0.245. The smallest absolute Gasteiger partial charge is 0.227 e. The van der Waals surface area contributed by atoms with Crippen molar-refractivity contribution in [3.63, 3.8) is 0 Å². The van der Waals surface area contributed by atoms with Crippen molar-refractivity contribution in [3.8, 4) is 0 Å². The number of hydrogen-bond donors (Lipinski definition) is 2. The summed E-state index contributed by atoms with van der Waals surface area (Å²) in [6.07, 6.45) is 5.44. The van der Waals surface area contributed by atoms with Crippen molar-refractivity contribution in [3.05, 3.63) is 35.4 Å². The fraction of sp³-hybridized carbons (Fsp3) is 0.588. The Labute approximate surface area is 121 Å². The lowest BCUT2D eigenvalue weighted by Gasteiger charge is -2.35. The van der Waals surface area contributed by atoms with E-state index in [1.165, 1.54) is 11.1 Å². The van der Waals surface area contributed by atoms with Crippen LogP contribution in [0.5, 0.6) is 0 Å². The van der Waals surface area contributed by atoms with Gasteiger partial charge in [-0.25, -0.2) is 0 Å². The molecule has 0 aromatic heterocycles. The first-order chi connectivity index (χ1) is 9.69. The van der Waals surface area contributed by atoms with Crippen LogP contribution in [-0.4, -0.2) is 19.0 Å². The van der Waals surface area contributed by atoms with Crippen molar-refractivity contribution >= 4 is 5.91 Å². The van der Waals surface area contributed by atoms with E-state index < -0.39 is 0 Å². The second kappa shape index (κ2) is 5.57. The SMILES string of the molecule is CC1(C(=O)NC2CCCc3ccccc32)CCCNC1. The molecule has 0 spiro atoms. The van der Waals surface area contributed by atoms with Gasteiger partial charge >= 0.3 is 0 Å². The monoisotopic (exact) mass is 272 g/mol. The number of aryl methyl sites for hydroxylation is 1. The molecule has 108 valence electrons. The Hall–Kier alpha value is -1.35. The van der Waals surface area contributed by atoms with Gasteiger partial charge in [0.05, 0.1) is 11.5 Å². The highest BCUT2D eigenvalue weighted by Crippen LogP contribution is 2.32. The second-order valence-corrected chi connectivity index (χ2v) is 6.46. The molecule has 0 bridgehead atoms. The van der Waals surface area contributed by atoms with Crippen LogP contribution in [0.3, 0.4) is 0 Å². The van der Waals surface area contributed by atoms with E-state index in [0.29, 0.717) is 0 Å². The minimum Gasteiger partial charge on any atom is -0.349 e. The van der Waals surface area contributed by atoms with E-state index >= 15 is 0 Å². The fourth-order valence-corrected chi connectivity index (χ4v) is 3.49. The van der Waals surface area contributed by atoms with Crippen LogP contribution in [0.15, 0.2) is 24.3 Å². The summed E-state index contributed by atoms with van der Waals surface area (Å²) in [4.78, 5) is 12.6. The van der Waals surface area contributed by atoms with Gasteiger partial charge in [0.2, 0.25) is 5.91 Å². The van der Waals surface area contributed by atoms with Crippen molar-refractivity contribution in [2.24, 2.45) is 5.41 Å². The van der Waals surface area contributed by atoms with E-state index in [1.54, 1.807) is 0 Å². The summed E-state index contributed by atoms with van der Waals surface area (Å²) >= 11 is 0. The van der Waals surface area contributed by atoms with Crippen molar-refractivity contribution in [1.29, 1.82) is 0 Å². The van der Waals surface area contributed by atoms with Gasteiger partial charge in [-0.2, -0.15) is 0 Å². The number of rotatable bonds is 2. The summed E-state index contributed by atoms with van der Waals surface area (Å²) in [5.41, 5.74) is 2.47. The lowest BCUT2D eigenvalue weighted by Crippen LogP contribution is -2.49. The molecule has 2 unspecified atom stereocenters. The summed E-state index contributed by atoms with van der Waals surface area (Å²) in [5.74, 6) is 0.214. The molecule has 0 radical (unpaired) electrons. The topological polar surface area (TPSA) is 41.1 Å². The number of nitrogens with one attached hydrogen (secondary N) is 2. The predicted molar refractivity (Wildman–Crippen MR) is 80.5 cm³/mol. The largest absolute Gasteiger partial charge is 0.349 e. The number of amides is 1. The Bertz CT molecular complexity index is 492. The normalized spacial score (nSPS) is 29.6. The van der Waals surface area contributed by atoms with E-state index in [4.69, 9.17) is 0 Å². The molecule has 3 rings (SSSR count). The van der Waals surface area contributed by atoms with Gasteiger partial charge in [-0.05, 0) is 56.7 Å². The fourth-order valence-electron chi connectivity index (χ4n) is 3.49. The van der Waals surface area contributed by atoms with Gasteiger partial charge in [-0.1, -0.05) is 24.3 Å². The predicted octanol–water partition coefficient (Wildman–Crippen LogP) is 2.57. The van der Waals surface area contributed by atoms with Crippen LogP contribution in [-0.2, 0) is 11.2 Å². The summed E-state index contributed by atoms with van der Waals surface area (Å²) in [6.45, 7) is 3.92. The Morgan fingerprint density at radius 3 is 3.00 bits per heavy atom. The Balaban J connectivity index is 1.74. The second-order valence-electron chi connectivity index (χ2n) is 6.46. The minimum absolute atomic E-state index is 0.200. The molecule has 1 aromatic carbocycles. The number of fused-ring (bicyclic) bond motifs is 1. The zero-order valence-corrected chi connectivity index (χ0v) is 12.2. The Kier molecular flexibility index (Phi) is 3.79. The molecular formula is C17H24N2O. The molecule has 1 fully saturated rings. The van der Waals surface area contributed by atoms with Gasteiger partial charge in [0.1, 0.15) is 0 Å². The molecule has 0 saturated carbocycles. The maximum atomic E-state index is 12.6. The molecule has 2 aliphatic rings. The van der Waals surface area contributed by atoms with E-state index in [1.807, 2.05) is 0 Å². The number of carbonyl (C=O) groups is 1. The summed E-state index contributed by atoms with van der Waals surface area (Å²) in [6, 6.07) is 8.73. The molecular weight excluding hydrogens is 248 g/mol. The van der Waals surface area contributed by atoms with Gasteiger partial charge in [0, 0.05) is 6.54 Å². The lowest BCUT2D eigenvalue weighted by atomic mass is 9.80. The third kappa shape index (κ3) is 2.59. The van der Waals surface area contributed by atoms with E-state index in [2.05, 4.69) is 41.8 Å². The highest BCUT2D eigenvalue weighted by Gasteiger charge is 2.36. The Morgan fingerprint density at radius 1 is 1.35 bits per heavy atom. The summed E-state index contributed by atoms with van der Waals surface area (Å²) in [7, 11) is 0. The standard InChI is InChI=1S/C17H24N2O/c1-17(10-5-11-18-12-17)16(20)19-15-9-4-7-13-6-2-3-8-14(13)15/h2-3,6,8,15,18H,4-5,7,9-12H2,1H3,(H,19,20). The van der Waals surface area contributed by atoms with E-state index in [9.17, 15) is 4.79 Å². The van der Waals surface area contributed by atoms with Crippen LogP contribution in [0.1, 0.15) is 49.8 Å². The molecule has 2 N–H and O–H groups in total. The van der Waals surface area contributed by atoms with Crippen LogP contribution in [0.4, 0.5) is 0 Å². The van der Waals surface area contributed by atoms with Crippen LogP contribution < -0.4 is 10.6 Å². The van der Waals surface area contributed by atoms with Gasteiger partial charge in [-0.3, -0.25) is 4.79 Å². The first kappa shape index (κ1) is 13.6. The third-order valence-corrected chi connectivity index (χ3v) is 4.82. The number of carbonyl (C=O) groups excluding carboxylic acids is 1. The molecule has 3 nitrogen and oxygen atoms in total. The van der Waals surface area contributed by atoms with Crippen LogP contribution in [0.25, 0.3) is 0 Å². The van der Waals surface area contributed by atoms with Gasteiger partial charge in [-0.15, -0.1) is 0 Å². The van der Waals surface area contributed by atoms with Crippen LogP contribution in [0.2, 0.25) is 0 Å². The summed E-state index contributed by atoms with van der Waals surface area (Å²) in [5, 5.41) is 6.66. The van der Waals surface area contributed by atoms with Gasteiger partial charge < -0.3 is 10.6 Å². The highest BCUT2D eigenvalue weighted by molar-refractivity contribution is 5.83. The third-order valence-electron chi connectivity index (χ3n) is 4.82. The quantitative estimate of drug-likeness (QED) is 0.869. The van der Waals surface area contributed by atoms with E-state index in [0.717, 1.165) is 45.2 Å².